The van der Waals surface area contributed by atoms with E-state index in [9.17, 15) is 0 Å². The molecular weight excluding hydrogens is 274 g/mol. The van der Waals surface area contributed by atoms with Crippen LogP contribution in [0, 0.1) is 0 Å². The van der Waals surface area contributed by atoms with E-state index in [2.05, 4.69) is 20.8 Å². The zero-order valence-corrected chi connectivity index (χ0v) is 13.2. The van der Waals surface area contributed by atoms with Crippen molar-refractivity contribution < 1.29 is 4.74 Å². The van der Waals surface area contributed by atoms with Crippen LogP contribution in [0.5, 0.6) is 5.75 Å². The lowest BCUT2D eigenvalue weighted by Gasteiger charge is -2.15. The molecule has 4 heteroatoms. The first-order valence-electron chi connectivity index (χ1n) is 7.40. The Bertz CT molecular complexity index is 785. The highest BCUT2D eigenvalue weighted by molar-refractivity contribution is 5.58. The van der Waals surface area contributed by atoms with E-state index in [0.717, 1.165) is 22.7 Å². The predicted molar refractivity (Wildman–Crippen MR) is 89.1 cm³/mol. The molecule has 3 aromatic rings. The van der Waals surface area contributed by atoms with Crippen LogP contribution in [-0.4, -0.2) is 9.38 Å². The number of aromatic nitrogens is 2. The molecule has 0 saturated carbocycles. The molecule has 22 heavy (non-hydrogen) atoms. The van der Waals surface area contributed by atoms with E-state index in [1.165, 1.54) is 0 Å². The summed E-state index contributed by atoms with van der Waals surface area (Å²) in [6, 6.07) is 13.8. The molecule has 114 valence electrons. The maximum Gasteiger partial charge on any atom is 0.145 e. The van der Waals surface area contributed by atoms with Gasteiger partial charge in [0.15, 0.2) is 0 Å². The number of hydrogen-bond donors (Lipinski definition) is 1. The van der Waals surface area contributed by atoms with Gasteiger partial charge in [-0.1, -0.05) is 45.0 Å². The molecule has 0 bridgehead atoms. The normalized spacial score (nSPS) is 11.8. The van der Waals surface area contributed by atoms with E-state index in [1.54, 1.807) is 0 Å². The fraction of sp³-hybridized carbons (Fsp3) is 0.278. The van der Waals surface area contributed by atoms with Crippen LogP contribution in [0.25, 0.3) is 5.65 Å². The molecule has 2 N–H and O–H groups in total. The summed E-state index contributed by atoms with van der Waals surface area (Å²) in [4.78, 5) is 4.75. The summed E-state index contributed by atoms with van der Waals surface area (Å²) < 4.78 is 7.78. The fourth-order valence-corrected chi connectivity index (χ4v) is 2.48. The second-order valence-electron chi connectivity index (χ2n) is 6.42. The van der Waals surface area contributed by atoms with Gasteiger partial charge in [-0.3, -0.25) is 4.40 Å². The van der Waals surface area contributed by atoms with Crippen molar-refractivity contribution in [3.8, 4) is 5.75 Å². The zero-order chi connectivity index (χ0) is 15.7. The van der Waals surface area contributed by atoms with Crippen LogP contribution in [0.2, 0.25) is 0 Å². The van der Waals surface area contributed by atoms with Gasteiger partial charge >= 0.3 is 0 Å². The molecule has 4 nitrogen and oxygen atoms in total. The average molecular weight is 295 g/mol. The number of anilines is 1. The highest BCUT2D eigenvalue weighted by atomic mass is 16.5. The van der Waals surface area contributed by atoms with Crippen LogP contribution in [-0.2, 0) is 12.0 Å². The number of hydrogen-bond acceptors (Lipinski definition) is 3. The Kier molecular flexibility index (Phi) is 3.53. The summed E-state index contributed by atoms with van der Waals surface area (Å²) in [5.74, 6) is 1.55. The van der Waals surface area contributed by atoms with Crippen molar-refractivity contribution in [2.75, 3.05) is 5.73 Å². The van der Waals surface area contributed by atoms with Gasteiger partial charge in [0.1, 0.15) is 23.8 Å². The van der Waals surface area contributed by atoms with Crippen LogP contribution in [0.3, 0.4) is 0 Å². The first-order chi connectivity index (χ1) is 10.5. The van der Waals surface area contributed by atoms with Gasteiger partial charge in [0, 0.05) is 17.2 Å². The molecular formula is C18H21N3O. The number of nitrogen functional groups attached to an aromatic ring is 1. The van der Waals surface area contributed by atoms with Crippen LogP contribution >= 0.6 is 0 Å². The number of nitrogens with zero attached hydrogens (tertiary/aromatic N) is 2. The number of benzene rings is 1. The molecule has 1 aromatic carbocycles. The molecule has 0 atom stereocenters. The van der Waals surface area contributed by atoms with Crippen molar-refractivity contribution in [2.45, 2.75) is 32.8 Å². The fourth-order valence-electron chi connectivity index (χ4n) is 2.48. The van der Waals surface area contributed by atoms with Gasteiger partial charge in [-0.15, -0.1) is 0 Å². The molecule has 0 unspecified atom stereocenters. The molecule has 0 radical (unpaired) electrons. The lowest BCUT2D eigenvalue weighted by molar-refractivity contribution is 0.307. The summed E-state index contributed by atoms with van der Waals surface area (Å²) in [6.07, 6.45) is 1.94. The summed E-state index contributed by atoms with van der Waals surface area (Å²) in [6.45, 7) is 6.82. The summed E-state index contributed by atoms with van der Waals surface area (Å²) in [5, 5.41) is 0. The van der Waals surface area contributed by atoms with Crippen molar-refractivity contribution >= 4 is 11.5 Å². The van der Waals surface area contributed by atoms with Gasteiger partial charge in [0.25, 0.3) is 0 Å². The van der Waals surface area contributed by atoms with E-state index >= 15 is 0 Å². The van der Waals surface area contributed by atoms with Crippen LogP contribution in [0.4, 0.5) is 5.82 Å². The van der Waals surface area contributed by atoms with Crippen LogP contribution < -0.4 is 10.5 Å². The molecule has 0 saturated heterocycles. The lowest BCUT2D eigenvalue weighted by atomic mass is 9.92. The molecule has 0 aliphatic heterocycles. The van der Waals surface area contributed by atoms with Crippen molar-refractivity contribution in [3.05, 3.63) is 59.9 Å². The third kappa shape index (κ3) is 2.64. The highest BCUT2D eigenvalue weighted by Crippen LogP contribution is 2.29. The van der Waals surface area contributed by atoms with Gasteiger partial charge in [-0.2, -0.15) is 0 Å². The number of ether oxygens (including phenoxy) is 1. The van der Waals surface area contributed by atoms with E-state index in [0.29, 0.717) is 12.4 Å². The number of rotatable bonds is 3. The number of para-hydroxylation sites is 1. The van der Waals surface area contributed by atoms with Crippen molar-refractivity contribution in [1.82, 2.24) is 9.38 Å². The monoisotopic (exact) mass is 295 g/mol. The van der Waals surface area contributed by atoms with E-state index in [4.69, 9.17) is 15.5 Å². The summed E-state index contributed by atoms with van der Waals surface area (Å²) >= 11 is 0. The smallest absolute Gasteiger partial charge is 0.145 e. The topological polar surface area (TPSA) is 52.5 Å². The predicted octanol–water partition coefficient (Wildman–Crippen LogP) is 3.79. The zero-order valence-electron chi connectivity index (χ0n) is 13.2. The molecule has 2 heterocycles. The Morgan fingerprint density at radius 1 is 1.09 bits per heavy atom. The van der Waals surface area contributed by atoms with E-state index < -0.39 is 0 Å². The summed E-state index contributed by atoms with van der Waals surface area (Å²) in [5.41, 5.74) is 8.97. The molecule has 0 fully saturated rings. The number of pyridine rings is 1. The van der Waals surface area contributed by atoms with Crippen LogP contribution in [0.15, 0.2) is 48.7 Å². The van der Waals surface area contributed by atoms with Gasteiger partial charge in [-0.25, -0.2) is 4.98 Å². The maximum atomic E-state index is 6.26. The van der Waals surface area contributed by atoms with E-state index in [-0.39, 0.29) is 5.41 Å². The first kappa shape index (κ1) is 14.4. The molecule has 0 aliphatic carbocycles. The third-order valence-electron chi connectivity index (χ3n) is 3.62. The first-order valence-corrected chi connectivity index (χ1v) is 7.40. The van der Waals surface area contributed by atoms with Gasteiger partial charge in [-0.05, 0) is 18.2 Å². The van der Waals surface area contributed by atoms with Gasteiger partial charge in [0.05, 0.1) is 5.69 Å². The number of fused-ring (bicyclic) bond motifs is 1. The van der Waals surface area contributed by atoms with Crippen molar-refractivity contribution in [1.29, 1.82) is 0 Å². The Morgan fingerprint density at radius 2 is 1.82 bits per heavy atom. The lowest BCUT2D eigenvalue weighted by Crippen LogP contribution is -2.14. The molecule has 2 aromatic heterocycles. The average Bonchev–Trinajstić information content (AvgIpc) is 2.84. The SMILES string of the molecule is CC(C)(C)c1nc2c(COc3ccccc3)cccn2c1N. The molecule has 0 amide bonds. The molecule has 3 rings (SSSR count). The van der Waals surface area contributed by atoms with Crippen molar-refractivity contribution in [3.63, 3.8) is 0 Å². The summed E-state index contributed by atoms with van der Waals surface area (Å²) in [7, 11) is 0. The second kappa shape index (κ2) is 5.37. The third-order valence-corrected chi connectivity index (χ3v) is 3.62. The second-order valence-corrected chi connectivity index (χ2v) is 6.42. The largest absolute Gasteiger partial charge is 0.489 e. The van der Waals surface area contributed by atoms with Gasteiger partial charge in [0.2, 0.25) is 0 Å². The Balaban J connectivity index is 1.97. The van der Waals surface area contributed by atoms with Crippen LogP contribution in [0.1, 0.15) is 32.0 Å². The standard InChI is InChI=1S/C18H21N3O/c1-18(2,3)15-16(19)21-11-7-8-13(17(21)20-15)12-22-14-9-5-4-6-10-14/h4-11H,12,19H2,1-3H3. The minimum absolute atomic E-state index is 0.0896. The Labute approximate surface area is 130 Å². The number of nitrogens with two attached hydrogens (primary N) is 1. The van der Waals surface area contributed by atoms with Gasteiger partial charge < -0.3 is 10.5 Å². The minimum Gasteiger partial charge on any atom is -0.489 e. The Morgan fingerprint density at radius 3 is 2.50 bits per heavy atom. The maximum absolute atomic E-state index is 6.26. The van der Waals surface area contributed by atoms with Crippen molar-refractivity contribution in [2.24, 2.45) is 0 Å². The quantitative estimate of drug-likeness (QED) is 0.799. The highest BCUT2D eigenvalue weighted by Gasteiger charge is 2.23. The Hall–Kier alpha value is -2.49. The minimum atomic E-state index is -0.0896. The number of imidazole rings is 1. The van der Waals surface area contributed by atoms with E-state index in [1.807, 2.05) is 53.1 Å². The molecule has 0 aliphatic rings. The molecule has 0 spiro atoms.